The number of hydrogen-bond acceptors (Lipinski definition) is 2. The standard InChI is InChI=1S/C17H23NS/c1-3-5-6-14-7-9-15(10-8-14)17(18-4-2)16-11-12-19-13-16/h7-13,17-18H,3-6H2,1-2H3. The van der Waals surface area contributed by atoms with Gasteiger partial charge in [-0.25, -0.2) is 0 Å². The van der Waals surface area contributed by atoms with Gasteiger partial charge >= 0.3 is 0 Å². The third-order valence-corrected chi connectivity index (χ3v) is 4.12. The quantitative estimate of drug-likeness (QED) is 0.765. The van der Waals surface area contributed by atoms with Gasteiger partial charge in [-0.1, -0.05) is 44.5 Å². The molecule has 2 rings (SSSR count). The van der Waals surface area contributed by atoms with Crippen LogP contribution in [0.25, 0.3) is 0 Å². The molecule has 1 heterocycles. The van der Waals surface area contributed by atoms with Crippen molar-refractivity contribution in [2.24, 2.45) is 0 Å². The smallest absolute Gasteiger partial charge is 0.0584 e. The number of benzene rings is 1. The highest BCUT2D eigenvalue weighted by atomic mass is 32.1. The van der Waals surface area contributed by atoms with E-state index in [1.807, 2.05) is 0 Å². The van der Waals surface area contributed by atoms with Crippen LogP contribution in [0.5, 0.6) is 0 Å². The van der Waals surface area contributed by atoms with Gasteiger partial charge < -0.3 is 5.32 Å². The van der Waals surface area contributed by atoms with Crippen molar-refractivity contribution < 1.29 is 0 Å². The average Bonchev–Trinajstić information content (AvgIpc) is 2.97. The maximum atomic E-state index is 3.57. The lowest BCUT2D eigenvalue weighted by Crippen LogP contribution is -2.21. The van der Waals surface area contributed by atoms with Gasteiger partial charge in [0.1, 0.15) is 0 Å². The fourth-order valence-electron chi connectivity index (χ4n) is 2.33. The number of nitrogens with one attached hydrogen (secondary N) is 1. The minimum atomic E-state index is 0.330. The molecule has 0 fully saturated rings. The van der Waals surface area contributed by atoms with E-state index in [0.717, 1.165) is 6.54 Å². The van der Waals surface area contributed by atoms with E-state index in [2.05, 4.69) is 60.3 Å². The lowest BCUT2D eigenvalue weighted by atomic mass is 9.98. The van der Waals surface area contributed by atoms with Crippen LogP contribution in [-0.2, 0) is 6.42 Å². The zero-order valence-corrected chi connectivity index (χ0v) is 12.7. The first-order chi connectivity index (χ1) is 9.35. The Balaban J connectivity index is 2.13. The van der Waals surface area contributed by atoms with Crippen molar-refractivity contribution in [2.75, 3.05) is 6.54 Å². The van der Waals surface area contributed by atoms with Gasteiger partial charge in [-0.2, -0.15) is 11.3 Å². The van der Waals surface area contributed by atoms with E-state index in [1.165, 1.54) is 36.0 Å². The van der Waals surface area contributed by atoms with Gasteiger partial charge in [0.05, 0.1) is 6.04 Å². The van der Waals surface area contributed by atoms with Crippen molar-refractivity contribution >= 4 is 11.3 Å². The predicted octanol–water partition coefficient (Wildman–Crippen LogP) is 4.79. The highest BCUT2D eigenvalue weighted by molar-refractivity contribution is 7.08. The summed E-state index contributed by atoms with van der Waals surface area (Å²) in [6, 6.07) is 11.6. The summed E-state index contributed by atoms with van der Waals surface area (Å²) >= 11 is 1.76. The van der Waals surface area contributed by atoms with Crippen molar-refractivity contribution in [1.29, 1.82) is 0 Å². The van der Waals surface area contributed by atoms with Crippen LogP contribution in [0.4, 0.5) is 0 Å². The third kappa shape index (κ3) is 3.92. The van der Waals surface area contributed by atoms with Crippen molar-refractivity contribution in [3.63, 3.8) is 0 Å². The lowest BCUT2D eigenvalue weighted by Gasteiger charge is -2.17. The minimum Gasteiger partial charge on any atom is -0.307 e. The van der Waals surface area contributed by atoms with Crippen molar-refractivity contribution in [1.82, 2.24) is 5.32 Å². The van der Waals surface area contributed by atoms with Gasteiger partial charge in [-0.3, -0.25) is 0 Å². The molecule has 19 heavy (non-hydrogen) atoms. The van der Waals surface area contributed by atoms with E-state index in [9.17, 15) is 0 Å². The summed E-state index contributed by atoms with van der Waals surface area (Å²) in [6.07, 6.45) is 3.73. The number of hydrogen-bond donors (Lipinski definition) is 1. The Hall–Kier alpha value is -1.12. The van der Waals surface area contributed by atoms with Crippen LogP contribution in [0.1, 0.15) is 49.4 Å². The summed E-state index contributed by atoms with van der Waals surface area (Å²) < 4.78 is 0. The third-order valence-electron chi connectivity index (χ3n) is 3.42. The first-order valence-electron chi connectivity index (χ1n) is 7.19. The highest BCUT2D eigenvalue weighted by Gasteiger charge is 2.12. The molecule has 1 aromatic heterocycles. The molecule has 2 heteroatoms. The van der Waals surface area contributed by atoms with Crippen LogP contribution in [-0.4, -0.2) is 6.54 Å². The maximum absolute atomic E-state index is 3.57. The van der Waals surface area contributed by atoms with Crippen molar-refractivity contribution in [3.05, 3.63) is 57.8 Å². The molecule has 1 nitrogen and oxygen atoms in total. The van der Waals surface area contributed by atoms with Gasteiger partial charge in [0, 0.05) is 0 Å². The topological polar surface area (TPSA) is 12.0 Å². The number of rotatable bonds is 7. The van der Waals surface area contributed by atoms with Crippen LogP contribution in [0.15, 0.2) is 41.1 Å². The van der Waals surface area contributed by atoms with Crippen LogP contribution >= 0.6 is 11.3 Å². The molecule has 0 radical (unpaired) electrons. The number of unbranched alkanes of at least 4 members (excludes halogenated alkanes) is 1. The molecule has 0 aliphatic carbocycles. The largest absolute Gasteiger partial charge is 0.307 e. The molecule has 1 N–H and O–H groups in total. The Morgan fingerprint density at radius 2 is 1.84 bits per heavy atom. The van der Waals surface area contributed by atoms with Crippen molar-refractivity contribution in [3.8, 4) is 0 Å². The summed E-state index contributed by atoms with van der Waals surface area (Å²) in [5.41, 5.74) is 4.18. The van der Waals surface area contributed by atoms with E-state index in [0.29, 0.717) is 6.04 Å². The monoisotopic (exact) mass is 273 g/mol. The van der Waals surface area contributed by atoms with Crippen LogP contribution < -0.4 is 5.32 Å². The summed E-state index contributed by atoms with van der Waals surface area (Å²) in [7, 11) is 0. The Kier molecular flexibility index (Phi) is 5.62. The summed E-state index contributed by atoms with van der Waals surface area (Å²) in [5, 5.41) is 7.95. The molecule has 0 saturated carbocycles. The molecule has 1 aromatic carbocycles. The molecule has 0 aliphatic rings. The molecular weight excluding hydrogens is 250 g/mol. The van der Waals surface area contributed by atoms with E-state index in [-0.39, 0.29) is 0 Å². The molecular formula is C17H23NS. The Bertz CT molecular complexity index is 459. The first kappa shape index (κ1) is 14.3. The number of aryl methyl sites for hydroxylation is 1. The van der Waals surface area contributed by atoms with Crippen LogP contribution in [0.3, 0.4) is 0 Å². The van der Waals surface area contributed by atoms with Crippen LogP contribution in [0.2, 0.25) is 0 Å². The molecule has 0 saturated heterocycles. The van der Waals surface area contributed by atoms with E-state index < -0.39 is 0 Å². The molecule has 102 valence electrons. The molecule has 1 unspecified atom stereocenters. The summed E-state index contributed by atoms with van der Waals surface area (Å²) in [4.78, 5) is 0. The van der Waals surface area contributed by atoms with E-state index in [1.54, 1.807) is 11.3 Å². The summed E-state index contributed by atoms with van der Waals surface area (Å²) in [6.45, 7) is 5.39. The molecule has 0 spiro atoms. The maximum Gasteiger partial charge on any atom is 0.0584 e. The molecule has 0 bridgehead atoms. The van der Waals surface area contributed by atoms with Gasteiger partial charge in [0.25, 0.3) is 0 Å². The SMILES string of the molecule is CCCCc1ccc(C(NCC)c2ccsc2)cc1. The Morgan fingerprint density at radius 1 is 1.05 bits per heavy atom. The van der Waals surface area contributed by atoms with Crippen molar-refractivity contribution in [2.45, 2.75) is 39.2 Å². The highest BCUT2D eigenvalue weighted by Crippen LogP contribution is 2.24. The van der Waals surface area contributed by atoms with E-state index in [4.69, 9.17) is 0 Å². The molecule has 0 aliphatic heterocycles. The second kappa shape index (κ2) is 7.46. The lowest BCUT2D eigenvalue weighted by molar-refractivity contribution is 0.632. The second-order valence-corrected chi connectivity index (χ2v) is 5.67. The minimum absolute atomic E-state index is 0.330. The van der Waals surface area contributed by atoms with Crippen LogP contribution in [0, 0.1) is 0 Å². The van der Waals surface area contributed by atoms with Gasteiger partial charge in [-0.15, -0.1) is 0 Å². The number of thiophene rings is 1. The zero-order valence-electron chi connectivity index (χ0n) is 11.9. The normalized spacial score (nSPS) is 12.5. The Morgan fingerprint density at radius 3 is 2.42 bits per heavy atom. The average molecular weight is 273 g/mol. The first-order valence-corrected chi connectivity index (χ1v) is 8.13. The predicted molar refractivity (Wildman–Crippen MR) is 84.9 cm³/mol. The molecule has 1 atom stereocenters. The van der Waals surface area contributed by atoms with Gasteiger partial charge in [0.15, 0.2) is 0 Å². The zero-order chi connectivity index (χ0) is 13.5. The van der Waals surface area contributed by atoms with Gasteiger partial charge in [0.2, 0.25) is 0 Å². The van der Waals surface area contributed by atoms with E-state index >= 15 is 0 Å². The molecule has 0 amide bonds. The summed E-state index contributed by atoms with van der Waals surface area (Å²) in [5.74, 6) is 0. The molecule has 2 aromatic rings. The fourth-order valence-corrected chi connectivity index (χ4v) is 3.02. The van der Waals surface area contributed by atoms with Gasteiger partial charge in [-0.05, 0) is 52.9 Å². The fraction of sp³-hybridized carbons (Fsp3) is 0.412. The Labute approximate surface area is 120 Å². The second-order valence-electron chi connectivity index (χ2n) is 4.89.